The zero-order chi connectivity index (χ0) is 26.3. The molecule has 3 fully saturated rings. The van der Waals surface area contributed by atoms with E-state index in [0.717, 1.165) is 0 Å². The first kappa shape index (κ1) is 25.2. The molecule has 5 rings (SSSR count). The number of ether oxygens (including phenoxy) is 2. The van der Waals surface area contributed by atoms with Crippen LogP contribution in [0.4, 0.5) is 4.39 Å². The molecule has 9 unspecified atom stereocenters. The van der Waals surface area contributed by atoms with Crippen molar-refractivity contribution in [3.8, 4) is 0 Å². The quantitative estimate of drug-likeness (QED) is 0.471. The van der Waals surface area contributed by atoms with E-state index in [1.165, 1.54) is 37.7 Å². The minimum atomic E-state index is -1.75. The molecule has 4 aliphatic rings. The van der Waals surface area contributed by atoms with Crippen molar-refractivity contribution in [2.24, 2.45) is 28.6 Å². The average molecular weight is 521 g/mol. The van der Waals surface area contributed by atoms with E-state index in [9.17, 15) is 19.5 Å². The van der Waals surface area contributed by atoms with Gasteiger partial charge in [-0.15, -0.1) is 11.6 Å². The second-order valence-corrected chi connectivity index (χ2v) is 11.7. The molecule has 0 aromatic carbocycles. The van der Waals surface area contributed by atoms with Gasteiger partial charge in [0.25, 0.3) is 0 Å². The first-order chi connectivity index (χ1) is 16.9. The van der Waals surface area contributed by atoms with Crippen LogP contribution in [0.3, 0.4) is 0 Å². The number of allylic oxidation sites excluding steroid dienone is 4. The molecule has 3 saturated carbocycles. The van der Waals surface area contributed by atoms with Gasteiger partial charge in [0.1, 0.15) is 6.17 Å². The number of fused-ring (bicyclic) bond motifs is 5. The van der Waals surface area contributed by atoms with Crippen LogP contribution < -0.4 is 0 Å². The van der Waals surface area contributed by atoms with Crippen LogP contribution >= 0.6 is 11.6 Å². The zero-order valence-electron chi connectivity index (χ0n) is 20.6. The van der Waals surface area contributed by atoms with E-state index in [-0.39, 0.29) is 35.9 Å². The Balaban J connectivity index is 1.64. The predicted octanol–water partition coefficient (Wildman–Crippen LogP) is 4.18. The lowest BCUT2D eigenvalue weighted by Gasteiger charge is -2.64. The molecule has 0 amide bonds. The Hall–Kier alpha value is -2.45. The Kier molecular flexibility index (Phi) is 5.62. The van der Waals surface area contributed by atoms with Crippen LogP contribution in [0.1, 0.15) is 50.6 Å². The molecule has 1 heterocycles. The van der Waals surface area contributed by atoms with Crippen molar-refractivity contribution in [2.75, 3.05) is 7.11 Å². The van der Waals surface area contributed by atoms with E-state index in [1.807, 2.05) is 0 Å². The molecule has 7 nitrogen and oxygen atoms in total. The first-order valence-electron chi connectivity index (χ1n) is 12.2. The van der Waals surface area contributed by atoms with Gasteiger partial charge in [0, 0.05) is 16.7 Å². The molecule has 194 valence electrons. The van der Waals surface area contributed by atoms with Crippen LogP contribution in [0.2, 0.25) is 0 Å². The summed E-state index contributed by atoms with van der Waals surface area (Å²) in [6.07, 6.45) is 3.29. The van der Waals surface area contributed by atoms with Crippen LogP contribution in [0, 0.1) is 28.6 Å². The van der Waals surface area contributed by atoms with Gasteiger partial charge >= 0.3 is 11.9 Å². The van der Waals surface area contributed by atoms with Gasteiger partial charge in [-0.25, -0.2) is 14.0 Å². The number of hydrogen-bond acceptors (Lipinski definition) is 7. The summed E-state index contributed by atoms with van der Waals surface area (Å²) in [5.74, 6) is -3.44. The SMILES string of the molecule is COC(=O)C1(OC(=O)c2ccco2)C(C)CC2C3CC(F)C4=CC(=O)C=CC4(C)C3(Cl)C(O)CC21C. The zero-order valence-corrected chi connectivity index (χ0v) is 21.4. The minimum Gasteiger partial charge on any atom is -0.466 e. The van der Waals surface area contributed by atoms with Crippen molar-refractivity contribution in [1.29, 1.82) is 0 Å². The maximum absolute atomic E-state index is 15.7. The molecule has 9 atom stereocenters. The number of aliphatic hydroxyl groups excluding tert-OH is 1. The Labute approximate surface area is 213 Å². The number of carbonyl (C=O) groups excluding carboxylic acids is 3. The number of hydrogen-bond donors (Lipinski definition) is 1. The molecule has 0 bridgehead atoms. The van der Waals surface area contributed by atoms with Crippen LogP contribution in [-0.4, -0.2) is 52.7 Å². The van der Waals surface area contributed by atoms with Crippen molar-refractivity contribution >= 4 is 29.3 Å². The van der Waals surface area contributed by atoms with Crippen molar-refractivity contribution in [2.45, 2.75) is 62.8 Å². The largest absolute Gasteiger partial charge is 0.466 e. The number of ketones is 1. The maximum Gasteiger partial charge on any atom is 0.375 e. The van der Waals surface area contributed by atoms with Gasteiger partial charge in [-0.3, -0.25) is 4.79 Å². The number of alkyl halides is 2. The number of furan rings is 1. The second kappa shape index (κ2) is 8.02. The molecular weight excluding hydrogens is 491 g/mol. The fraction of sp³-hybridized carbons (Fsp3) is 0.593. The van der Waals surface area contributed by atoms with Gasteiger partial charge in [-0.2, -0.15) is 0 Å². The highest BCUT2D eigenvalue weighted by molar-refractivity contribution is 6.26. The molecule has 1 aromatic rings. The number of rotatable bonds is 3. The van der Waals surface area contributed by atoms with Crippen LogP contribution in [0.25, 0.3) is 0 Å². The summed E-state index contributed by atoms with van der Waals surface area (Å²) < 4.78 is 32.1. The van der Waals surface area contributed by atoms with E-state index in [0.29, 0.717) is 6.42 Å². The van der Waals surface area contributed by atoms with Crippen molar-refractivity contribution in [1.82, 2.24) is 0 Å². The summed E-state index contributed by atoms with van der Waals surface area (Å²) in [6.45, 7) is 5.33. The van der Waals surface area contributed by atoms with Gasteiger partial charge in [0.15, 0.2) is 5.78 Å². The van der Waals surface area contributed by atoms with E-state index < -0.39 is 57.4 Å². The molecule has 4 aliphatic carbocycles. The summed E-state index contributed by atoms with van der Waals surface area (Å²) in [7, 11) is 1.22. The Morgan fingerprint density at radius 3 is 2.61 bits per heavy atom. The predicted molar refractivity (Wildman–Crippen MR) is 127 cm³/mol. The van der Waals surface area contributed by atoms with Crippen molar-refractivity contribution in [3.63, 3.8) is 0 Å². The third-order valence-corrected chi connectivity index (χ3v) is 10.6. The lowest BCUT2D eigenvalue weighted by molar-refractivity contribution is -0.199. The molecule has 0 saturated heterocycles. The Morgan fingerprint density at radius 1 is 1.25 bits per heavy atom. The summed E-state index contributed by atoms with van der Waals surface area (Å²) >= 11 is 7.37. The third-order valence-electron chi connectivity index (χ3n) is 9.63. The van der Waals surface area contributed by atoms with E-state index in [1.54, 1.807) is 26.8 Å². The van der Waals surface area contributed by atoms with Gasteiger partial charge < -0.3 is 19.0 Å². The summed E-state index contributed by atoms with van der Waals surface area (Å²) in [5.41, 5.74) is -3.72. The molecule has 36 heavy (non-hydrogen) atoms. The molecule has 9 heteroatoms. The lowest BCUT2D eigenvalue weighted by atomic mass is 9.45. The van der Waals surface area contributed by atoms with Crippen LogP contribution in [-0.2, 0) is 19.1 Å². The normalized spacial score (nSPS) is 45.2. The molecule has 1 N–H and O–H groups in total. The van der Waals surface area contributed by atoms with Crippen LogP contribution in [0.15, 0.2) is 46.6 Å². The van der Waals surface area contributed by atoms with Gasteiger partial charge in [0.05, 0.1) is 24.4 Å². The monoisotopic (exact) mass is 520 g/mol. The summed E-state index contributed by atoms with van der Waals surface area (Å²) in [5, 5.41) is 11.7. The second-order valence-electron chi connectivity index (χ2n) is 11.1. The molecule has 0 radical (unpaired) electrons. The topological polar surface area (TPSA) is 103 Å². The third kappa shape index (κ3) is 2.91. The highest BCUT2D eigenvalue weighted by Crippen LogP contribution is 2.72. The average Bonchev–Trinajstić information content (AvgIpc) is 3.44. The smallest absolute Gasteiger partial charge is 0.375 e. The van der Waals surface area contributed by atoms with Crippen molar-refractivity contribution < 1.29 is 37.8 Å². The highest BCUT2D eigenvalue weighted by Gasteiger charge is 2.78. The van der Waals surface area contributed by atoms with Crippen LogP contribution in [0.5, 0.6) is 0 Å². The van der Waals surface area contributed by atoms with Gasteiger partial charge in [-0.05, 0) is 61.0 Å². The molecule has 1 aromatic heterocycles. The number of methoxy groups -OCH3 is 1. The van der Waals surface area contributed by atoms with E-state index in [4.69, 9.17) is 25.5 Å². The summed E-state index contributed by atoms with van der Waals surface area (Å²) in [6, 6.07) is 2.97. The number of aliphatic hydroxyl groups is 1. The maximum atomic E-state index is 15.7. The van der Waals surface area contributed by atoms with Crippen molar-refractivity contribution in [3.05, 3.63) is 48.0 Å². The molecule has 0 aliphatic heterocycles. The van der Waals surface area contributed by atoms with E-state index >= 15 is 4.39 Å². The Morgan fingerprint density at radius 2 is 1.97 bits per heavy atom. The fourth-order valence-corrected chi connectivity index (χ4v) is 8.45. The fourth-order valence-electron chi connectivity index (χ4n) is 7.96. The summed E-state index contributed by atoms with van der Waals surface area (Å²) in [4.78, 5) is 37.3. The van der Waals surface area contributed by atoms with E-state index in [2.05, 4.69) is 0 Å². The van der Waals surface area contributed by atoms with Gasteiger partial charge in [-0.1, -0.05) is 26.8 Å². The lowest BCUT2D eigenvalue weighted by Crippen LogP contribution is -2.70. The first-order valence-corrected chi connectivity index (χ1v) is 12.6. The number of carbonyl (C=O) groups is 3. The standard InChI is InChI=1S/C27H30ClFO7/c1-14-10-16-17-12-19(29)18-11-15(30)7-8-24(18,2)26(17,28)21(31)13-25(16,3)27(14,23(33)34-4)36-22(32)20-6-5-9-35-20/h5-9,11,14,16-17,19,21,31H,10,12-13H2,1-4H3. The molecule has 0 spiro atoms. The number of esters is 2. The number of halogens is 2. The molecular formula is C27H30ClFO7. The van der Waals surface area contributed by atoms with Gasteiger partial charge in [0.2, 0.25) is 11.4 Å². The minimum absolute atomic E-state index is 0.00412. The highest BCUT2D eigenvalue weighted by atomic mass is 35.5. The Bertz CT molecular complexity index is 1180.